The summed E-state index contributed by atoms with van der Waals surface area (Å²) in [6.07, 6.45) is 9.50. The summed E-state index contributed by atoms with van der Waals surface area (Å²) >= 11 is 0. The first-order valence-corrected chi connectivity index (χ1v) is 7.56. The number of allylic oxidation sites excluding steroid dienone is 8. The van der Waals surface area contributed by atoms with E-state index in [4.69, 9.17) is 0 Å². The largest absolute Gasteiger partial charge is 0.295 e. The van der Waals surface area contributed by atoms with Gasteiger partial charge in [-0.25, -0.2) is 0 Å². The Morgan fingerprint density at radius 2 is 1.00 bits per heavy atom. The Morgan fingerprint density at radius 1 is 0.625 bits per heavy atom. The van der Waals surface area contributed by atoms with Crippen molar-refractivity contribution in [1.82, 2.24) is 0 Å². The highest BCUT2D eigenvalue weighted by molar-refractivity contribution is 6.15. The smallest absolute Gasteiger partial charge is 0.192 e. The summed E-state index contributed by atoms with van der Waals surface area (Å²) in [6, 6.07) is 6.38. The molecule has 0 amide bonds. The third-order valence-electron chi connectivity index (χ3n) is 3.88. The van der Waals surface area contributed by atoms with Crippen LogP contribution in [0.25, 0.3) is 0 Å². The molecule has 0 N–H and O–H groups in total. The summed E-state index contributed by atoms with van der Waals surface area (Å²) in [6.45, 7) is 0. The Morgan fingerprint density at radius 3 is 1.29 bits per heavy atom. The van der Waals surface area contributed by atoms with Crippen molar-refractivity contribution in [3.05, 3.63) is 83.0 Å². The quantitative estimate of drug-likeness (QED) is 0.800. The lowest BCUT2D eigenvalue weighted by atomic mass is 9.94. The molecule has 0 aromatic heterocycles. The van der Waals surface area contributed by atoms with E-state index >= 15 is 0 Å². The highest BCUT2D eigenvalue weighted by Gasteiger charge is 2.16. The zero-order chi connectivity index (χ0) is 17.1. The summed E-state index contributed by atoms with van der Waals surface area (Å²) < 4.78 is 0. The number of hydrogen-bond donors (Lipinski definition) is 0. The summed E-state index contributed by atoms with van der Waals surface area (Å²) in [5, 5.41) is 0. The van der Waals surface area contributed by atoms with Gasteiger partial charge in [0.05, 0.1) is 0 Å². The van der Waals surface area contributed by atoms with Gasteiger partial charge < -0.3 is 0 Å². The van der Waals surface area contributed by atoms with E-state index < -0.39 is 0 Å². The predicted molar refractivity (Wildman–Crippen MR) is 88.8 cm³/mol. The van der Waals surface area contributed by atoms with E-state index in [1.54, 1.807) is 36.4 Å². The molecule has 1 aromatic carbocycles. The maximum Gasteiger partial charge on any atom is 0.192 e. The normalized spacial score (nSPS) is 16.7. The van der Waals surface area contributed by atoms with Crippen LogP contribution in [0, 0.1) is 0 Å². The van der Waals surface area contributed by atoms with Crippen LogP contribution >= 0.6 is 0 Å². The van der Waals surface area contributed by atoms with Crippen LogP contribution in [0.15, 0.2) is 71.9 Å². The first-order chi connectivity index (χ1) is 11.5. The van der Waals surface area contributed by atoms with E-state index in [0.29, 0.717) is 22.3 Å². The molecule has 0 spiro atoms. The SMILES string of the molecule is O=C1C=CC(C(=O)c2ccc(C(=O)C3=CCC(=O)C=C3)cc2)=CC1. The average molecular weight is 318 g/mol. The van der Waals surface area contributed by atoms with E-state index in [0.717, 1.165) is 0 Å². The lowest BCUT2D eigenvalue weighted by Crippen LogP contribution is -2.09. The second-order valence-electron chi connectivity index (χ2n) is 5.56. The number of ketones is 4. The average Bonchev–Trinajstić information content (AvgIpc) is 2.62. The molecule has 0 atom stereocenters. The molecule has 0 unspecified atom stereocenters. The van der Waals surface area contributed by atoms with Gasteiger partial charge in [0.2, 0.25) is 0 Å². The fourth-order valence-corrected chi connectivity index (χ4v) is 2.50. The number of rotatable bonds is 4. The predicted octanol–water partition coefficient (Wildman–Crippen LogP) is 2.96. The molecular formula is C20H14O4. The molecule has 0 fully saturated rings. The molecule has 24 heavy (non-hydrogen) atoms. The Kier molecular flexibility index (Phi) is 4.29. The van der Waals surface area contributed by atoms with E-state index in [-0.39, 0.29) is 36.0 Å². The lowest BCUT2D eigenvalue weighted by molar-refractivity contribution is -0.114. The van der Waals surface area contributed by atoms with Gasteiger partial charge in [0, 0.05) is 35.1 Å². The lowest BCUT2D eigenvalue weighted by Gasteiger charge is -2.08. The van der Waals surface area contributed by atoms with E-state index in [1.807, 2.05) is 0 Å². The molecule has 4 nitrogen and oxygen atoms in total. The van der Waals surface area contributed by atoms with Crippen LogP contribution in [0.3, 0.4) is 0 Å². The van der Waals surface area contributed by atoms with Crippen LogP contribution in [-0.2, 0) is 9.59 Å². The third kappa shape index (κ3) is 3.27. The number of benzene rings is 1. The molecule has 0 radical (unpaired) electrons. The number of Topliss-reactive ketones (excluding diaryl/α,β-unsaturated/α-hetero) is 2. The molecule has 0 saturated carbocycles. The van der Waals surface area contributed by atoms with Crippen molar-refractivity contribution in [2.75, 3.05) is 0 Å². The number of carbonyl (C=O) groups excluding carboxylic acids is 4. The minimum atomic E-state index is -0.180. The van der Waals surface area contributed by atoms with Gasteiger partial charge >= 0.3 is 0 Å². The Bertz CT molecular complexity index is 788. The molecule has 2 aliphatic rings. The molecule has 0 bridgehead atoms. The van der Waals surface area contributed by atoms with Gasteiger partial charge in [0.25, 0.3) is 0 Å². The van der Waals surface area contributed by atoms with E-state index in [9.17, 15) is 19.2 Å². The number of hydrogen-bond acceptors (Lipinski definition) is 4. The monoisotopic (exact) mass is 318 g/mol. The maximum atomic E-state index is 12.3. The maximum absolute atomic E-state index is 12.3. The molecule has 4 heteroatoms. The third-order valence-corrected chi connectivity index (χ3v) is 3.88. The Hall–Kier alpha value is -3.14. The Labute approximate surface area is 138 Å². The topological polar surface area (TPSA) is 68.3 Å². The van der Waals surface area contributed by atoms with Gasteiger partial charge in [-0.2, -0.15) is 0 Å². The molecular weight excluding hydrogens is 304 g/mol. The van der Waals surface area contributed by atoms with Gasteiger partial charge in [-0.3, -0.25) is 19.2 Å². The van der Waals surface area contributed by atoms with Crippen LogP contribution in [0.4, 0.5) is 0 Å². The van der Waals surface area contributed by atoms with Crippen molar-refractivity contribution < 1.29 is 19.2 Å². The van der Waals surface area contributed by atoms with Crippen molar-refractivity contribution >= 4 is 23.1 Å². The molecule has 0 aliphatic heterocycles. The van der Waals surface area contributed by atoms with Gasteiger partial charge in [-0.1, -0.05) is 36.4 Å². The first kappa shape index (κ1) is 15.7. The summed E-state index contributed by atoms with van der Waals surface area (Å²) in [4.78, 5) is 47.0. The molecule has 1 aromatic rings. The summed E-state index contributed by atoms with van der Waals surface area (Å²) in [5.74, 6) is -0.417. The summed E-state index contributed by atoms with van der Waals surface area (Å²) in [7, 11) is 0. The highest BCUT2D eigenvalue weighted by Crippen LogP contribution is 2.18. The van der Waals surface area contributed by atoms with E-state index in [2.05, 4.69) is 0 Å². The van der Waals surface area contributed by atoms with Crippen molar-refractivity contribution in [3.63, 3.8) is 0 Å². The molecule has 0 saturated heterocycles. The van der Waals surface area contributed by atoms with Crippen molar-refractivity contribution in [2.24, 2.45) is 0 Å². The van der Waals surface area contributed by atoms with Crippen LogP contribution in [0.5, 0.6) is 0 Å². The van der Waals surface area contributed by atoms with Crippen LogP contribution in [0.2, 0.25) is 0 Å². The second kappa shape index (κ2) is 6.54. The van der Waals surface area contributed by atoms with Gasteiger partial charge in [-0.15, -0.1) is 0 Å². The van der Waals surface area contributed by atoms with Gasteiger partial charge in [0.15, 0.2) is 23.1 Å². The minimum Gasteiger partial charge on any atom is -0.295 e. The zero-order valence-corrected chi connectivity index (χ0v) is 12.8. The van der Waals surface area contributed by atoms with Crippen LogP contribution in [0.1, 0.15) is 33.6 Å². The van der Waals surface area contributed by atoms with Crippen molar-refractivity contribution in [3.8, 4) is 0 Å². The molecule has 3 rings (SSSR count). The van der Waals surface area contributed by atoms with E-state index in [1.165, 1.54) is 24.3 Å². The van der Waals surface area contributed by atoms with Gasteiger partial charge in [0.1, 0.15) is 0 Å². The molecule has 2 aliphatic carbocycles. The second-order valence-corrected chi connectivity index (χ2v) is 5.56. The van der Waals surface area contributed by atoms with Crippen molar-refractivity contribution in [1.29, 1.82) is 0 Å². The number of carbonyl (C=O) groups is 4. The fraction of sp³-hybridized carbons (Fsp3) is 0.100. The van der Waals surface area contributed by atoms with Crippen LogP contribution in [-0.4, -0.2) is 23.1 Å². The minimum absolute atomic E-state index is 0.0280. The van der Waals surface area contributed by atoms with Crippen LogP contribution < -0.4 is 0 Å². The standard InChI is InChI=1S/C20H14O4/c21-17-9-5-15(6-10-17)19(23)13-1-2-14(4-3-13)20(24)16-7-11-18(22)12-8-16/h1-9,11H,10,12H2. The summed E-state index contributed by atoms with van der Waals surface area (Å²) in [5.41, 5.74) is 1.87. The Balaban J connectivity index is 1.76. The van der Waals surface area contributed by atoms with Gasteiger partial charge in [-0.05, 0) is 24.3 Å². The molecule has 0 heterocycles. The first-order valence-electron chi connectivity index (χ1n) is 7.56. The highest BCUT2D eigenvalue weighted by atomic mass is 16.1. The fourth-order valence-electron chi connectivity index (χ4n) is 2.50. The van der Waals surface area contributed by atoms with Crippen molar-refractivity contribution in [2.45, 2.75) is 12.8 Å². The molecule has 118 valence electrons. The zero-order valence-electron chi connectivity index (χ0n) is 12.8.